The fourth-order valence-corrected chi connectivity index (χ4v) is 3.16. The van der Waals surface area contributed by atoms with E-state index in [1.54, 1.807) is 23.2 Å². The summed E-state index contributed by atoms with van der Waals surface area (Å²) < 4.78 is 5.01. The molecule has 0 spiro atoms. The van der Waals surface area contributed by atoms with Crippen molar-refractivity contribution in [3.05, 3.63) is 21.4 Å². The number of hydrogen-bond donors (Lipinski definition) is 0. The molecule has 0 atom stereocenters. The third kappa shape index (κ3) is 4.07. The van der Waals surface area contributed by atoms with Crippen molar-refractivity contribution in [2.75, 3.05) is 19.7 Å². The summed E-state index contributed by atoms with van der Waals surface area (Å²) in [6.45, 7) is 9.15. The van der Waals surface area contributed by atoms with Gasteiger partial charge < -0.3 is 9.64 Å². The zero-order valence-corrected chi connectivity index (χ0v) is 13.5. The van der Waals surface area contributed by atoms with Crippen LogP contribution < -0.4 is 0 Å². The maximum atomic E-state index is 11.7. The van der Waals surface area contributed by atoms with Crippen LogP contribution in [0.3, 0.4) is 0 Å². The lowest BCUT2D eigenvalue weighted by Gasteiger charge is -2.19. The highest BCUT2D eigenvalue weighted by molar-refractivity contribution is 7.14. The molecule has 1 aliphatic heterocycles. The van der Waals surface area contributed by atoms with Crippen molar-refractivity contribution in [3.63, 3.8) is 0 Å². The Kier molecular flexibility index (Phi) is 6.71. The molecular weight excluding hydrogens is 274 g/mol. The fourth-order valence-electron chi connectivity index (χ4n) is 2.06. The van der Waals surface area contributed by atoms with E-state index in [1.165, 1.54) is 10.4 Å². The average molecular weight is 297 g/mol. The molecule has 0 N–H and O–H groups in total. The zero-order chi connectivity index (χ0) is 15.1. The van der Waals surface area contributed by atoms with E-state index >= 15 is 0 Å². The van der Waals surface area contributed by atoms with Gasteiger partial charge in [0.15, 0.2) is 5.78 Å². The Morgan fingerprint density at radius 1 is 1.30 bits per heavy atom. The number of amides is 1. The van der Waals surface area contributed by atoms with E-state index in [2.05, 4.69) is 0 Å². The van der Waals surface area contributed by atoms with Gasteiger partial charge in [-0.15, -0.1) is 11.3 Å². The number of hydrogen-bond acceptors (Lipinski definition) is 4. The second kappa shape index (κ2) is 8.04. The van der Waals surface area contributed by atoms with Crippen molar-refractivity contribution in [1.82, 2.24) is 4.90 Å². The maximum absolute atomic E-state index is 11.7. The monoisotopic (exact) mass is 297 g/mol. The van der Waals surface area contributed by atoms with E-state index in [0.717, 1.165) is 17.7 Å². The van der Waals surface area contributed by atoms with Gasteiger partial charge in [-0.05, 0) is 38.3 Å². The lowest BCUT2D eigenvalue weighted by molar-refractivity contribution is 0.101. The first-order valence-corrected chi connectivity index (χ1v) is 7.97. The van der Waals surface area contributed by atoms with Gasteiger partial charge in [0.2, 0.25) is 0 Å². The second-order valence-corrected chi connectivity index (χ2v) is 5.44. The molecule has 5 heteroatoms. The molecule has 0 bridgehead atoms. The largest absolute Gasteiger partial charge is 0.450 e. The highest BCUT2D eigenvalue weighted by atomic mass is 32.1. The van der Waals surface area contributed by atoms with Gasteiger partial charge >= 0.3 is 6.09 Å². The van der Waals surface area contributed by atoms with E-state index in [1.807, 2.05) is 26.8 Å². The van der Waals surface area contributed by atoms with Gasteiger partial charge in [-0.25, -0.2) is 4.79 Å². The summed E-state index contributed by atoms with van der Waals surface area (Å²) in [7, 11) is 0. The van der Waals surface area contributed by atoms with Gasteiger partial charge in [0, 0.05) is 18.0 Å². The first-order valence-electron chi connectivity index (χ1n) is 7.16. The summed E-state index contributed by atoms with van der Waals surface area (Å²) in [5.74, 6) is 0.121. The minimum Gasteiger partial charge on any atom is -0.450 e. The molecule has 0 saturated heterocycles. The first-order chi connectivity index (χ1) is 9.61. The third-order valence-corrected chi connectivity index (χ3v) is 4.37. The Labute approximate surface area is 124 Å². The number of fused-ring (bicyclic) bond motifs is 1. The van der Waals surface area contributed by atoms with Crippen LogP contribution in [0.25, 0.3) is 0 Å². The van der Waals surface area contributed by atoms with E-state index in [9.17, 15) is 9.59 Å². The summed E-state index contributed by atoms with van der Waals surface area (Å²) in [6.07, 6.45) is 1.38. The van der Waals surface area contributed by atoms with Crippen LogP contribution in [0.1, 0.15) is 47.8 Å². The Morgan fingerprint density at radius 2 is 1.95 bits per heavy atom. The molecule has 0 unspecified atom stereocenters. The van der Waals surface area contributed by atoms with Crippen LogP contribution in [0.4, 0.5) is 4.79 Å². The minimum atomic E-state index is -0.237. The zero-order valence-electron chi connectivity index (χ0n) is 12.7. The predicted octanol–water partition coefficient (Wildman–Crippen LogP) is 3.53. The van der Waals surface area contributed by atoms with Crippen LogP contribution in [0.2, 0.25) is 0 Å². The van der Waals surface area contributed by atoms with Crippen LogP contribution >= 0.6 is 11.3 Å². The molecule has 0 fully saturated rings. The van der Waals surface area contributed by atoms with Crippen molar-refractivity contribution in [1.29, 1.82) is 0 Å². The molecule has 20 heavy (non-hydrogen) atoms. The Bertz CT molecular complexity index is 442. The number of ketones is 1. The molecule has 1 aliphatic rings. The summed E-state index contributed by atoms with van der Waals surface area (Å²) in [6, 6.07) is 1.97. The predicted molar refractivity (Wildman–Crippen MR) is 81.7 cm³/mol. The van der Waals surface area contributed by atoms with Crippen molar-refractivity contribution in [2.24, 2.45) is 0 Å². The summed E-state index contributed by atoms with van der Waals surface area (Å²) in [5, 5.41) is 0. The first kappa shape index (κ1) is 16.7. The van der Waals surface area contributed by atoms with Crippen molar-refractivity contribution in [3.8, 4) is 0 Å². The number of carbonyl (C=O) groups is 2. The fraction of sp³-hybridized carbons (Fsp3) is 0.600. The maximum Gasteiger partial charge on any atom is 0.409 e. The molecule has 2 rings (SSSR count). The molecule has 0 aromatic carbocycles. The molecule has 0 radical (unpaired) electrons. The van der Waals surface area contributed by atoms with E-state index in [0.29, 0.717) is 19.7 Å². The van der Waals surface area contributed by atoms with Gasteiger partial charge in [0.1, 0.15) is 0 Å². The van der Waals surface area contributed by atoms with Crippen LogP contribution in [0, 0.1) is 0 Å². The van der Waals surface area contributed by atoms with Crippen molar-refractivity contribution in [2.45, 2.75) is 40.5 Å². The second-order valence-electron chi connectivity index (χ2n) is 4.30. The topological polar surface area (TPSA) is 46.6 Å². The van der Waals surface area contributed by atoms with Gasteiger partial charge in [-0.3, -0.25) is 4.79 Å². The minimum absolute atomic E-state index is 0.121. The normalized spacial score (nSPS) is 13.7. The summed E-state index contributed by atoms with van der Waals surface area (Å²) in [4.78, 5) is 26.8. The van der Waals surface area contributed by atoms with Crippen LogP contribution in [0.5, 0.6) is 0 Å². The molecule has 0 saturated carbocycles. The molecule has 2 heterocycles. The number of ether oxygens (including phenoxy) is 1. The number of carbonyl (C=O) groups excluding carboxylic acids is 2. The smallest absolute Gasteiger partial charge is 0.409 e. The van der Waals surface area contributed by atoms with Gasteiger partial charge in [-0.1, -0.05) is 13.8 Å². The van der Waals surface area contributed by atoms with Crippen molar-refractivity contribution >= 4 is 23.2 Å². The van der Waals surface area contributed by atoms with E-state index in [-0.39, 0.29) is 11.9 Å². The van der Waals surface area contributed by atoms with Gasteiger partial charge in [-0.2, -0.15) is 0 Å². The Morgan fingerprint density at radius 3 is 2.55 bits per heavy atom. The molecule has 1 aromatic rings. The Hall–Kier alpha value is -1.36. The number of Topliss-reactive ketones (excluding diaryl/α,β-unsaturated/α-hetero) is 1. The molecule has 4 nitrogen and oxygen atoms in total. The molecular formula is C15H23NO3S. The average Bonchev–Trinajstić information content (AvgIpc) is 2.75. The van der Waals surface area contributed by atoms with Gasteiger partial charge in [0.25, 0.3) is 0 Å². The molecule has 112 valence electrons. The Balaban J connectivity index is 0.000000956. The van der Waals surface area contributed by atoms with Crippen LogP contribution in [0.15, 0.2) is 6.07 Å². The quantitative estimate of drug-likeness (QED) is 0.784. The summed E-state index contributed by atoms with van der Waals surface area (Å²) >= 11 is 1.56. The molecule has 0 aliphatic carbocycles. The lowest BCUT2D eigenvalue weighted by Crippen LogP contribution is -2.33. The highest BCUT2D eigenvalue weighted by Crippen LogP contribution is 2.26. The van der Waals surface area contributed by atoms with Crippen LogP contribution in [-0.4, -0.2) is 36.5 Å². The number of nitrogens with zero attached hydrogens (tertiary/aromatic N) is 1. The molecule has 1 amide bonds. The lowest BCUT2D eigenvalue weighted by atomic mass is 10.1. The number of rotatable bonds is 2. The standard InChI is InChI=1S/C13H17NO3S.C2H6/c1-3-17-13(16)14-6-4-10-8-12(9(2)15)18-11(10)5-7-14;1-2/h8H,3-7H2,1-2H3;1-2H3. The molecule has 1 aromatic heterocycles. The van der Waals surface area contributed by atoms with Crippen LogP contribution in [-0.2, 0) is 17.6 Å². The van der Waals surface area contributed by atoms with Gasteiger partial charge in [0.05, 0.1) is 11.5 Å². The highest BCUT2D eigenvalue weighted by Gasteiger charge is 2.21. The van der Waals surface area contributed by atoms with E-state index < -0.39 is 0 Å². The number of thiophene rings is 1. The van der Waals surface area contributed by atoms with Crippen molar-refractivity contribution < 1.29 is 14.3 Å². The summed E-state index contributed by atoms with van der Waals surface area (Å²) in [5.41, 5.74) is 1.21. The van der Waals surface area contributed by atoms with E-state index in [4.69, 9.17) is 4.74 Å². The third-order valence-electron chi connectivity index (χ3n) is 3.03. The SMILES string of the molecule is CC.CCOC(=O)N1CCc2cc(C(C)=O)sc2CC1.